The van der Waals surface area contributed by atoms with Crippen molar-refractivity contribution in [3.05, 3.63) is 108 Å². The average Bonchev–Trinajstić information content (AvgIpc) is 3.57. The van der Waals surface area contributed by atoms with Gasteiger partial charge >= 0.3 is 6.03 Å². The molecule has 9 nitrogen and oxygen atoms in total. The van der Waals surface area contributed by atoms with E-state index in [4.69, 9.17) is 20.6 Å². The van der Waals surface area contributed by atoms with E-state index in [-0.39, 0.29) is 0 Å². The molecular weight excluding hydrogens is 528 g/mol. The minimum atomic E-state index is -0.689. The van der Waals surface area contributed by atoms with Gasteiger partial charge in [-0.1, -0.05) is 48.5 Å². The highest BCUT2D eigenvalue weighted by Crippen LogP contribution is 2.42. The molecule has 4 N–H and O–H groups in total. The van der Waals surface area contributed by atoms with Gasteiger partial charge < -0.3 is 24.3 Å². The van der Waals surface area contributed by atoms with Gasteiger partial charge in [-0.2, -0.15) is 5.10 Å². The van der Waals surface area contributed by atoms with E-state index in [0.29, 0.717) is 44.1 Å². The zero-order valence-electron chi connectivity index (χ0n) is 23.4. The quantitative estimate of drug-likeness (QED) is 0.151. The number of nitrogens with zero attached hydrogens (tertiary/aromatic N) is 3. The molecule has 2 aliphatic carbocycles. The molecule has 1 heterocycles. The number of carbonyl (C=O) groups excluding carboxylic acids is 1. The largest absolute Gasteiger partial charge is 0.494 e. The Bertz CT molecular complexity index is 1780. The standard InChI is InChI=1S/C33H34N6O3/c34-32(40)37-36-24-10-12-25(13-11-24)41-20-4-16-38-18-19-39(33(38)35)17-5-21-42-31-9-3-8-27-29(31)15-14-28-26-7-2-1-6-23(26)22-30(27)28/h1-3,6-10,12-15,18-19,35H,4-5,11,16-17,20-22H2,(H3,34,37,40). The molecule has 0 unspecified atom stereocenters. The topological polar surface area (TPSA) is 120 Å². The lowest BCUT2D eigenvalue weighted by molar-refractivity contribution is 0.213. The number of amides is 2. The number of hydrogen-bond acceptors (Lipinski definition) is 5. The molecule has 9 heteroatoms. The molecule has 0 saturated heterocycles. The van der Waals surface area contributed by atoms with Crippen molar-refractivity contribution in [1.29, 1.82) is 5.41 Å². The number of aryl methyl sites for hydroxylation is 2. The smallest absolute Gasteiger partial charge is 0.332 e. The van der Waals surface area contributed by atoms with Crippen molar-refractivity contribution >= 4 is 22.5 Å². The number of hydrazone groups is 1. The number of ether oxygens (including phenoxy) is 2. The summed E-state index contributed by atoms with van der Waals surface area (Å²) in [4.78, 5) is 10.8. The fraction of sp³-hybridized carbons (Fsp3) is 0.242. The Balaban J connectivity index is 0.967. The molecule has 42 heavy (non-hydrogen) atoms. The molecule has 0 bridgehead atoms. The average molecular weight is 563 g/mol. The van der Waals surface area contributed by atoms with Crippen molar-refractivity contribution in [3.8, 4) is 16.9 Å². The Morgan fingerprint density at radius 3 is 2.45 bits per heavy atom. The van der Waals surface area contributed by atoms with Gasteiger partial charge in [0.25, 0.3) is 0 Å². The summed E-state index contributed by atoms with van der Waals surface area (Å²) in [5, 5.41) is 14.9. The number of primary amides is 1. The number of rotatable bonds is 11. The number of nitrogens with one attached hydrogen (secondary N) is 2. The Labute approximate surface area is 244 Å². The third-order valence-corrected chi connectivity index (χ3v) is 7.65. The second-order valence-corrected chi connectivity index (χ2v) is 10.4. The fourth-order valence-corrected chi connectivity index (χ4v) is 5.59. The van der Waals surface area contributed by atoms with Crippen LogP contribution in [0.15, 0.2) is 96.1 Å². The third kappa shape index (κ3) is 5.85. The summed E-state index contributed by atoms with van der Waals surface area (Å²) in [5.41, 5.74) is 13.8. The Kier molecular flexibility index (Phi) is 7.89. The number of imidazole rings is 1. The first-order valence-corrected chi connectivity index (χ1v) is 14.3. The van der Waals surface area contributed by atoms with Crippen LogP contribution >= 0.6 is 0 Å². The lowest BCUT2D eigenvalue weighted by Gasteiger charge is -2.12. The van der Waals surface area contributed by atoms with E-state index in [1.54, 1.807) is 6.08 Å². The second kappa shape index (κ2) is 12.2. The Hall–Kier alpha value is -5.05. The van der Waals surface area contributed by atoms with Crippen LogP contribution < -0.4 is 21.5 Å². The van der Waals surface area contributed by atoms with E-state index in [0.717, 1.165) is 36.2 Å². The van der Waals surface area contributed by atoms with E-state index in [1.165, 1.54) is 27.6 Å². The van der Waals surface area contributed by atoms with Crippen LogP contribution in [0.4, 0.5) is 4.79 Å². The van der Waals surface area contributed by atoms with Crippen LogP contribution in [0.1, 0.15) is 30.4 Å². The fourth-order valence-electron chi connectivity index (χ4n) is 5.59. The van der Waals surface area contributed by atoms with Gasteiger partial charge in [-0.25, -0.2) is 10.2 Å². The molecule has 2 aliphatic rings. The minimum Gasteiger partial charge on any atom is -0.494 e. The number of hydrogen-bond donors (Lipinski definition) is 3. The van der Waals surface area contributed by atoms with Crippen molar-refractivity contribution in [2.45, 2.75) is 38.8 Å². The van der Waals surface area contributed by atoms with Gasteiger partial charge in [-0.3, -0.25) is 5.41 Å². The van der Waals surface area contributed by atoms with E-state index >= 15 is 0 Å². The van der Waals surface area contributed by atoms with Crippen LogP contribution in [0.3, 0.4) is 0 Å². The maximum atomic E-state index is 10.8. The monoisotopic (exact) mass is 562 g/mol. The van der Waals surface area contributed by atoms with Crippen molar-refractivity contribution in [3.63, 3.8) is 0 Å². The van der Waals surface area contributed by atoms with E-state index in [9.17, 15) is 4.79 Å². The van der Waals surface area contributed by atoms with Gasteiger partial charge in [-0.05, 0) is 71.2 Å². The highest BCUT2D eigenvalue weighted by atomic mass is 16.5. The number of allylic oxidation sites excluding steroid dienone is 3. The van der Waals surface area contributed by atoms with Crippen molar-refractivity contribution < 1.29 is 14.3 Å². The molecule has 1 aromatic heterocycles. The van der Waals surface area contributed by atoms with E-state index in [1.807, 2.05) is 39.7 Å². The summed E-state index contributed by atoms with van der Waals surface area (Å²) >= 11 is 0. The highest BCUT2D eigenvalue weighted by molar-refractivity contribution is 5.98. The summed E-state index contributed by atoms with van der Waals surface area (Å²) in [5.74, 6) is 1.68. The van der Waals surface area contributed by atoms with Gasteiger partial charge in [0.05, 0.1) is 18.9 Å². The number of urea groups is 1. The lowest BCUT2D eigenvalue weighted by Crippen LogP contribution is -2.25. The molecule has 0 fully saturated rings. The summed E-state index contributed by atoms with van der Waals surface area (Å²) in [6, 6.07) is 18.7. The normalized spacial score (nSPS) is 14.5. The van der Waals surface area contributed by atoms with Crippen molar-refractivity contribution in [1.82, 2.24) is 14.6 Å². The zero-order valence-corrected chi connectivity index (χ0v) is 23.4. The first-order chi connectivity index (χ1) is 20.6. The van der Waals surface area contributed by atoms with E-state index < -0.39 is 6.03 Å². The first kappa shape index (κ1) is 27.1. The number of nitrogens with two attached hydrogens (primary N) is 1. The summed E-state index contributed by atoms with van der Waals surface area (Å²) < 4.78 is 16.0. The molecule has 4 aromatic rings. The predicted molar refractivity (Wildman–Crippen MR) is 163 cm³/mol. The maximum Gasteiger partial charge on any atom is 0.332 e. The molecule has 0 saturated carbocycles. The minimum absolute atomic E-state index is 0.467. The molecule has 214 valence electrons. The van der Waals surface area contributed by atoms with Crippen LogP contribution in [-0.4, -0.2) is 34.1 Å². The first-order valence-electron chi connectivity index (χ1n) is 14.3. The summed E-state index contributed by atoms with van der Waals surface area (Å²) in [7, 11) is 0. The van der Waals surface area contributed by atoms with Gasteiger partial charge in [0.15, 0.2) is 0 Å². The Morgan fingerprint density at radius 2 is 1.69 bits per heavy atom. The Morgan fingerprint density at radius 1 is 0.905 bits per heavy atom. The molecule has 0 atom stereocenters. The second-order valence-electron chi connectivity index (χ2n) is 10.4. The van der Waals surface area contributed by atoms with Crippen molar-refractivity contribution in [2.75, 3.05) is 13.2 Å². The summed E-state index contributed by atoms with van der Waals surface area (Å²) in [6.45, 7) is 2.52. The van der Waals surface area contributed by atoms with Gasteiger partial charge in [0.2, 0.25) is 5.62 Å². The SMILES string of the molecule is N=c1n(CCCOC2=CCC(=NNC(N)=O)C=C2)ccn1CCCOc1cccc2c3c(ccc12)-c1ccccc1C3. The molecule has 0 spiro atoms. The summed E-state index contributed by atoms with van der Waals surface area (Å²) in [6.07, 6.45) is 12.5. The number of fused-ring (bicyclic) bond motifs is 5. The van der Waals surface area contributed by atoms with Crippen LogP contribution in [0, 0.1) is 5.41 Å². The maximum absolute atomic E-state index is 10.8. The molecule has 6 rings (SSSR count). The molecule has 2 amide bonds. The van der Waals surface area contributed by atoms with E-state index in [2.05, 4.69) is 59.1 Å². The van der Waals surface area contributed by atoms with Crippen LogP contribution in [0.5, 0.6) is 5.75 Å². The van der Waals surface area contributed by atoms with Gasteiger partial charge in [-0.15, -0.1) is 0 Å². The van der Waals surface area contributed by atoms with Crippen molar-refractivity contribution in [2.24, 2.45) is 10.8 Å². The number of aromatic nitrogens is 2. The predicted octanol–water partition coefficient (Wildman–Crippen LogP) is 5.24. The van der Waals surface area contributed by atoms with Crippen LogP contribution in [0.25, 0.3) is 21.9 Å². The number of carbonyl (C=O) groups is 1. The van der Waals surface area contributed by atoms with Gasteiger partial charge in [0.1, 0.15) is 11.5 Å². The molecular formula is C33H34N6O3. The van der Waals surface area contributed by atoms with Crippen LogP contribution in [-0.2, 0) is 24.2 Å². The molecule has 0 aliphatic heterocycles. The third-order valence-electron chi connectivity index (χ3n) is 7.65. The lowest BCUT2D eigenvalue weighted by atomic mass is 9.99. The molecule has 3 aromatic carbocycles. The molecule has 0 radical (unpaired) electrons. The van der Waals surface area contributed by atoms with Gasteiger partial charge in [0, 0.05) is 37.3 Å². The zero-order chi connectivity index (χ0) is 28.9. The van der Waals surface area contributed by atoms with Crippen LogP contribution in [0.2, 0.25) is 0 Å². The highest BCUT2D eigenvalue weighted by Gasteiger charge is 2.20. The number of benzene rings is 3.